The maximum absolute atomic E-state index is 9.85. The fourth-order valence-corrected chi connectivity index (χ4v) is 0.348. The van der Waals surface area contributed by atoms with Gasteiger partial charge in [0, 0.05) is 0 Å². The van der Waals surface area contributed by atoms with Crippen LogP contribution in [-0.2, 0) is 19.8 Å². The standard InChI is InChI=1S/C2H3N2O2.Mo/c3-2(6)4-1-5;/h(H3,3,4,5,6);. The van der Waals surface area contributed by atoms with Crippen molar-refractivity contribution >= 4 is 10.3 Å². The molecule has 0 unspecified atom stereocenters. The molecule has 0 aliphatic heterocycles. The Kier molecular flexibility index (Phi) is 2.60. The van der Waals surface area contributed by atoms with Crippen LogP contribution in [0.15, 0.2) is 0 Å². The molecule has 0 aromatic rings. The summed E-state index contributed by atoms with van der Waals surface area (Å²) in [6.07, 6.45) is 0. The predicted molar refractivity (Wildman–Crippen MR) is 18.1 cm³/mol. The number of rotatable bonds is 0. The third-order valence-electron chi connectivity index (χ3n) is 0.225. The van der Waals surface area contributed by atoms with E-state index in [-0.39, 0.29) is 0 Å². The second kappa shape index (κ2) is 2.74. The molecule has 0 saturated heterocycles. The average Bonchev–Trinajstić information content (AvgIpc) is 1.27. The van der Waals surface area contributed by atoms with E-state index in [1.165, 1.54) is 0 Å². The fourth-order valence-electron chi connectivity index (χ4n) is 0.101. The number of hydrogen-bond donors (Lipinski definition) is 2. The molecule has 3 N–H and O–H groups in total. The molecule has 5 heteroatoms. The second-order valence-electron chi connectivity index (χ2n) is 0.777. The van der Waals surface area contributed by atoms with Crippen LogP contribution < -0.4 is 11.1 Å². The molecule has 0 heterocycles. The molecule has 0 aliphatic carbocycles. The Hall–Kier alpha value is -0.372. The van der Waals surface area contributed by atoms with Crippen molar-refractivity contribution in [1.82, 2.24) is 5.32 Å². The van der Waals surface area contributed by atoms with Crippen molar-refractivity contribution in [3.05, 3.63) is 0 Å². The van der Waals surface area contributed by atoms with E-state index in [4.69, 9.17) is 0 Å². The van der Waals surface area contributed by atoms with Crippen molar-refractivity contribution in [2.75, 3.05) is 0 Å². The van der Waals surface area contributed by atoms with Gasteiger partial charge in [-0.15, -0.1) is 0 Å². The summed E-state index contributed by atoms with van der Waals surface area (Å²) in [5.41, 5.74) is 4.52. The van der Waals surface area contributed by atoms with Gasteiger partial charge in [-0.1, -0.05) is 0 Å². The summed E-state index contributed by atoms with van der Waals surface area (Å²) in [5, 5.41) is 1.81. The number of primary amides is 1. The topological polar surface area (TPSA) is 72.2 Å². The zero-order chi connectivity index (χ0) is 5.86. The number of carbonyl (C=O) groups is 2. The molecule has 0 atom stereocenters. The van der Waals surface area contributed by atoms with E-state index in [0.29, 0.717) is 0 Å². The van der Waals surface area contributed by atoms with Crippen molar-refractivity contribution in [1.29, 1.82) is 0 Å². The molecule has 0 saturated carbocycles. The van der Waals surface area contributed by atoms with Gasteiger partial charge >= 0.3 is 50.8 Å². The molecule has 0 radical (unpaired) electrons. The van der Waals surface area contributed by atoms with Gasteiger partial charge < -0.3 is 0 Å². The summed E-state index contributed by atoms with van der Waals surface area (Å²) in [6, 6.07) is -0.810. The molecule has 0 spiro atoms. The second-order valence-corrected chi connectivity index (χ2v) is 1.69. The molecular formula is C2H3MoN2O2. The van der Waals surface area contributed by atoms with Gasteiger partial charge in [0.05, 0.1) is 0 Å². The molecule has 0 aromatic carbocycles. The van der Waals surface area contributed by atoms with Gasteiger partial charge in [0.2, 0.25) is 0 Å². The summed E-state index contributed by atoms with van der Waals surface area (Å²) in [5.74, 6) is 0. The Balaban J connectivity index is 3.32. The van der Waals surface area contributed by atoms with E-state index in [0.717, 1.165) is 19.8 Å². The predicted octanol–water partition coefficient (Wildman–Crippen LogP) is -0.678. The number of urea groups is 1. The van der Waals surface area contributed by atoms with Crippen LogP contribution in [-0.4, -0.2) is 10.3 Å². The third kappa shape index (κ3) is 5.63. The Morgan fingerprint density at radius 3 is 2.00 bits per heavy atom. The molecule has 0 rings (SSSR count). The van der Waals surface area contributed by atoms with E-state index >= 15 is 0 Å². The SMILES string of the molecule is NC(=O)N[C](=O)[Mo]. The molecule has 4 nitrogen and oxygen atoms in total. The molecular weight excluding hydrogens is 180 g/mol. The molecule has 7 heavy (non-hydrogen) atoms. The van der Waals surface area contributed by atoms with Crippen molar-refractivity contribution in [2.45, 2.75) is 0 Å². The molecule has 39 valence electrons. The zero-order valence-corrected chi connectivity index (χ0v) is 5.31. The first-order valence-electron chi connectivity index (χ1n) is 1.40. The van der Waals surface area contributed by atoms with Crippen LogP contribution in [0.5, 0.6) is 0 Å². The quantitative estimate of drug-likeness (QED) is 0.488. The van der Waals surface area contributed by atoms with Gasteiger partial charge in [0.15, 0.2) is 0 Å². The molecule has 3 amide bonds. The fraction of sp³-hybridized carbons (Fsp3) is 0. The summed E-state index contributed by atoms with van der Waals surface area (Å²) >= 11 is 1.15. The van der Waals surface area contributed by atoms with Gasteiger partial charge in [0.25, 0.3) is 0 Å². The normalized spacial score (nSPS) is 7.43. The molecule has 0 aliphatic rings. The van der Waals surface area contributed by atoms with E-state index in [2.05, 4.69) is 5.73 Å². The number of amides is 3. The molecule has 0 bridgehead atoms. The van der Waals surface area contributed by atoms with Crippen molar-refractivity contribution in [3.63, 3.8) is 0 Å². The van der Waals surface area contributed by atoms with E-state index in [9.17, 15) is 9.59 Å². The maximum atomic E-state index is 9.85. The van der Waals surface area contributed by atoms with Crippen molar-refractivity contribution in [2.24, 2.45) is 5.73 Å². The number of nitrogens with one attached hydrogen (secondary N) is 1. The summed E-state index contributed by atoms with van der Waals surface area (Å²) in [4.78, 5) is 19.5. The van der Waals surface area contributed by atoms with Gasteiger partial charge in [0.1, 0.15) is 0 Å². The number of hydrogen-bond acceptors (Lipinski definition) is 2. The molecule has 0 aromatic heterocycles. The number of carbonyl (C=O) groups excluding carboxylic acids is 2. The van der Waals surface area contributed by atoms with E-state index < -0.39 is 10.3 Å². The van der Waals surface area contributed by atoms with Crippen LogP contribution in [0.2, 0.25) is 0 Å². The van der Waals surface area contributed by atoms with E-state index in [1.807, 2.05) is 5.32 Å². The first-order valence-corrected chi connectivity index (χ1v) is 2.40. The van der Waals surface area contributed by atoms with Gasteiger partial charge in [-0.3, -0.25) is 0 Å². The van der Waals surface area contributed by atoms with Crippen molar-refractivity contribution in [3.8, 4) is 0 Å². The Labute approximate surface area is 51.3 Å². The van der Waals surface area contributed by atoms with Crippen LogP contribution in [0.1, 0.15) is 0 Å². The van der Waals surface area contributed by atoms with Gasteiger partial charge in [-0.2, -0.15) is 0 Å². The number of nitrogens with two attached hydrogens (primary N) is 1. The minimum atomic E-state index is -0.810. The van der Waals surface area contributed by atoms with Crippen LogP contribution in [0.4, 0.5) is 9.59 Å². The van der Waals surface area contributed by atoms with Crippen LogP contribution >= 0.6 is 0 Å². The first kappa shape index (κ1) is 6.63. The minimum absolute atomic E-state index is 0.427. The van der Waals surface area contributed by atoms with E-state index in [1.54, 1.807) is 0 Å². The monoisotopic (exact) mass is 185 g/mol. The summed E-state index contributed by atoms with van der Waals surface area (Å²) in [7, 11) is 0. The summed E-state index contributed by atoms with van der Waals surface area (Å²) in [6.45, 7) is 0. The average molecular weight is 183 g/mol. The zero-order valence-electron chi connectivity index (χ0n) is 3.30. The Bertz CT molecular complexity index is 89.9. The van der Waals surface area contributed by atoms with Gasteiger partial charge in [-0.05, 0) is 0 Å². The van der Waals surface area contributed by atoms with Crippen molar-refractivity contribution < 1.29 is 29.4 Å². The Morgan fingerprint density at radius 1 is 1.57 bits per heavy atom. The van der Waals surface area contributed by atoms with Crippen LogP contribution in [0, 0.1) is 0 Å². The summed E-state index contributed by atoms with van der Waals surface area (Å²) < 4.78 is -0.427. The first-order chi connectivity index (χ1) is 3.13. The Morgan fingerprint density at radius 2 is 2.00 bits per heavy atom. The van der Waals surface area contributed by atoms with Crippen LogP contribution in [0.3, 0.4) is 0 Å². The third-order valence-corrected chi connectivity index (χ3v) is 0.476. The van der Waals surface area contributed by atoms with Gasteiger partial charge in [-0.25, -0.2) is 0 Å². The van der Waals surface area contributed by atoms with Crippen LogP contribution in [0.25, 0.3) is 0 Å². The number of imide groups is 1. The molecule has 0 fully saturated rings.